The molecule has 0 bridgehead atoms. The SMILES string of the molecule is Cn1nccc1Oc1cc(C(F)(F)F)cc(C(F)(F)F)c1. The lowest BCUT2D eigenvalue weighted by Crippen LogP contribution is -2.11. The van der Waals surface area contributed by atoms with E-state index in [0.29, 0.717) is 12.1 Å². The molecule has 0 saturated carbocycles. The maximum absolute atomic E-state index is 12.7. The van der Waals surface area contributed by atoms with Gasteiger partial charge in [-0.05, 0) is 18.2 Å². The number of halogens is 6. The van der Waals surface area contributed by atoms with Crippen molar-refractivity contribution in [3.63, 3.8) is 0 Å². The maximum Gasteiger partial charge on any atom is 0.416 e. The van der Waals surface area contributed by atoms with E-state index in [1.54, 1.807) is 0 Å². The normalized spacial score (nSPS) is 12.5. The van der Waals surface area contributed by atoms with Crippen LogP contribution >= 0.6 is 0 Å². The molecule has 0 atom stereocenters. The number of ether oxygens (including phenoxy) is 1. The molecule has 0 spiro atoms. The van der Waals surface area contributed by atoms with E-state index in [1.165, 1.54) is 24.0 Å². The van der Waals surface area contributed by atoms with Crippen molar-refractivity contribution in [2.24, 2.45) is 7.05 Å². The molecular formula is C12H8F6N2O. The molecule has 1 aromatic carbocycles. The fourth-order valence-corrected chi connectivity index (χ4v) is 1.57. The summed E-state index contributed by atoms with van der Waals surface area (Å²) in [6.07, 6.45) is -8.52. The van der Waals surface area contributed by atoms with E-state index < -0.39 is 29.2 Å². The minimum absolute atomic E-state index is 0.0162. The van der Waals surface area contributed by atoms with Crippen molar-refractivity contribution < 1.29 is 31.1 Å². The summed E-state index contributed by atoms with van der Waals surface area (Å²) in [5.74, 6) is -0.553. The molecule has 2 aromatic rings. The first kappa shape index (κ1) is 15.2. The Morgan fingerprint density at radius 1 is 0.952 bits per heavy atom. The van der Waals surface area contributed by atoms with E-state index in [1.807, 2.05) is 0 Å². The first-order valence-electron chi connectivity index (χ1n) is 5.53. The molecule has 1 heterocycles. The number of benzene rings is 1. The van der Waals surface area contributed by atoms with Gasteiger partial charge in [0, 0.05) is 13.1 Å². The molecule has 0 N–H and O–H groups in total. The zero-order valence-electron chi connectivity index (χ0n) is 10.5. The van der Waals surface area contributed by atoms with Crippen molar-refractivity contribution in [2.45, 2.75) is 12.4 Å². The summed E-state index contributed by atoms with van der Waals surface area (Å²) in [5.41, 5.74) is -2.87. The Labute approximate surface area is 114 Å². The van der Waals surface area contributed by atoms with Gasteiger partial charge in [-0.15, -0.1) is 0 Å². The Bertz CT molecular complexity index is 612. The fraction of sp³-hybridized carbons (Fsp3) is 0.250. The van der Waals surface area contributed by atoms with E-state index >= 15 is 0 Å². The standard InChI is InChI=1S/C12H8F6N2O/c1-20-10(2-3-19-20)21-9-5-7(11(13,14)15)4-8(6-9)12(16,17)18/h2-6H,1H3. The quantitative estimate of drug-likeness (QED) is 0.775. The second kappa shape index (κ2) is 4.97. The summed E-state index contributed by atoms with van der Waals surface area (Å²) in [4.78, 5) is 0. The van der Waals surface area contributed by atoms with Crippen molar-refractivity contribution in [2.75, 3.05) is 0 Å². The predicted molar refractivity (Wildman–Crippen MR) is 59.7 cm³/mol. The molecule has 0 saturated heterocycles. The van der Waals surface area contributed by atoms with Crippen LogP contribution in [0.3, 0.4) is 0 Å². The lowest BCUT2D eigenvalue weighted by Gasteiger charge is -2.14. The molecule has 21 heavy (non-hydrogen) atoms. The molecule has 114 valence electrons. The predicted octanol–water partition coefficient (Wildman–Crippen LogP) is 4.25. The van der Waals surface area contributed by atoms with Crippen LogP contribution in [-0.2, 0) is 19.4 Å². The van der Waals surface area contributed by atoms with Gasteiger partial charge >= 0.3 is 12.4 Å². The average Bonchev–Trinajstić information content (AvgIpc) is 2.72. The van der Waals surface area contributed by atoms with Crippen LogP contribution in [0.1, 0.15) is 11.1 Å². The summed E-state index contributed by atoms with van der Waals surface area (Å²) in [7, 11) is 1.44. The van der Waals surface area contributed by atoms with Crippen LogP contribution in [0.4, 0.5) is 26.3 Å². The number of aryl methyl sites for hydroxylation is 1. The van der Waals surface area contributed by atoms with Crippen LogP contribution in [0.25, 0.3) is 0 Å². The Morgan fingerprint density at radius 3 is 1.86 bits per heavy atom. The van der Waals surface area contributed by atoms with Crippen LogP contribution in [-0.4, -0.2) is 9.78 Å². The zero-order valence-corrected chi connectivity index (χ0v) is 10.5. The van der Waals surface area contributed by atoms with Gasteiger partial charge in [0.15, 0.2) is 0 Å². The van der Waals surface area contributed by atoms with Gasteiger partial charge in [0.1, 0.15) is 5.75 Å². The number of hydrogen-bond donors (Lipinski definition) is 0. The van der Waals surface area contributed by atoms with E-state index in [-0.39, 0.29) is 11.9 Å². The van der Waals surface area contributed by atoms with Gasteiger partial charge in [0.2, 0.25) is 5.88 Å². The molecule has 0 aliphatic carbocycles. The molecule has 0 fully saturated rings. The second-order valence-corrected chi connectivity index (χ2v) is 4.14. The largest absolute Gasteiger partial charge is 0.439 e. The second-order valence-electron chi connectivity index (χ2n) is 4.14. The van der Waals surface area contributed by atoms with E-state index in [2.05, 4.69) is 5.10 Å². The van der Waals surface area contributed by atoms with Gasteiger partial charge in [0.25, 0.3) is 0 Å². The molecule has 3 nitrogen and oxygen atoms in total. The number of rotatable bonds is 2. The molecule has 1 aromatic heterocycles. The molecule has 0 amide bonds. The molecule has 0 aliphatic heterocycles. The monoisotopic (exact) mass is 310 g/mol. The molecular weight excluding hydrogens is 302 g/mol. The van der Waals surface area contributed by atoms with Gasteiger partial charge in [-0.3, -0.25) is 0 Å². The Hall–Kier alpha value is -2.19. The molecule has 0 radical (unpaired) electrons. The molecule has 0 aliphatic rings. The Kier molecular flexibility index (Phi) is 3.60. The van der Waals surface area contributed by atoms with Crippen LogP contribution in [0.15, 0.2) is 30.5 Å². The fourth-order valence-electron chi connectivity index (χ4n) is 1.57. The first-order chi connectivity index (χ1) is 9.57. The number of alkyl halides is 6. The van der Waals surface area contributed by atoms with E-state index in [0.717, 1.165) is 0 Å². The topological polar surface area (TPSA) is 27.1 Å². The van der Waals surface area contributed by atoms with Crippen LogP contribution in [0.5, 0.6) is 11.6 Å². The maximum atomic E-state index is 12.7. The summed E-state index contributed by atoms with van der Waals surface area (Å²) >= 11 is 0. The Morgan fingerprint density at radius 2 is 1.48 bits per heavy atom. The van der Waals surface area contributed by atoms with Crippen molar-refractivity contribution in [1.29, 1.82) is 0 Å². The minimum atomic E-state index is -4.91. The number of nitrogens with zero attached hydrogens (tertiary/aromatic N) is 2. The highest BCUT2D eigenvalue weighted by Gasteiger charge is 2.37. The average molecular weight is 310 g/mol. The van der Waals surface area contributed by atoms with Crippen molar-refractivity contribution in [3.8, 4) is 11.6 Å². The third kappa shape index (κ3) is 3.47. The van der Waals surface area contributed by atoms with Crippen molar-refractivity contribution in [3.05, 3.63) is 41.6 Å². The lowest BCUT2D eigenvalue weighted by atomic mass is 10.1. The van der Waals surface area contributed by atoms with Gasteiger partial charge in [-0.1, -0.05) is 0 Å². The number of aromatic nitrogens is 2. The van der Waals surface area contributed by atoms with Crippen LogP contribution in [0, 0.1) is 0 Å². The summed E-state index contributed by atoms with van der Waals surface area (Å²) < 4.78 is 82.1. The van der Waals surface area contributed by atoms with Gasteiger partial charge in [0.05, 0.1) is 17.3 Å². The highest BCUT2D eigenvalue weighted by atomic mass is 19.4. The molecule has 9 heteroatoms. The third-order valence-electron chi connectivity index (χ3n) is 2.56. The summed E-state index contributed by atoms with van der Waals surface area (Å²) in [6, 6.07) is 2.36. The van der Waals surface area contributed by atoms with Crippen LogP contribution < -0.4 is 4.74 Å². The third-order valence-corrected chi connectivity index (χ3v) is 2.56. The smallest absolute Gasteiger partial charge is 0.416 e. The van der Waals surface area contributed by atoms with E-state index in [9.17, 15) is 26.3 Å². The molecule has 0 unspecified atom stereocenters. The van der Waals surface area contributed by atoms with Crippen LogP contribution in [0.2, 0.25) is 0 Å². The van der Waals surface area contributed by atoms with Crippen molar-refractivity contribution >= 4 is 0 Å². The lowest BCUT2D eigenvalue weighted by molar-refractivity contribution is -0.143. The highest BCUT2D eigenvalue weighted by Crippen LogP contribution is 2.39. The summed E-state index contributed by atoms with van der Waals surface area (Å²) in [5, 5.41) is 3.70. The number of hydrogen-bond acceptors (Lipinski definition) is 2. The zero-order chi connectivity index (χ0) is 15.8. The Balaban J connectivity index is 2.48. The highest BCUT2D eigenvalue weighted by molar-refractivity contribution is 5.39. The van der Waals surface area contributed by atoms with E-state index in [4.69, 9.17) is 4.74 Å². The van der Waals surface area contributed by atoms with Gasteiger partial charge < -0.3 is 4.74 Å². The van der Waals surface area contributed by atoms with Gasteiger partial charge in [-0.2, -0.15) is 31.4 Å². The summed E-state index contributed by atoms with van der Waals surface area (Å²) in [6.45, 7) is 0. The van der Waals surface area contributed by atoms with Crippen molar-refractivity contribution in [1.82, 2.24) is 9.78 Å². The first-order valence-corrected chi connectivity index (χ1v) is 5.53. The molecule has 2 rings (SSSR count). The minimum Gasteiger partial charge on any atom is -0.439 e. The van der Waals surface area contributed by atoms with Gasteiger partial charge in [-0.25, -0.2) is 4.68 Å².